The summed E-state index contributed by atoms with van der Waals surface area (Å²) in [7, 11) is 0. The molecule has 0 heterocycles. The third-order valence-corrected chi connectivity index (χ3v) is 3.48. The molecule has 0 aliphatic rings. The molecule has 0 aromatic rings. The van der Waals surface area contributed by atoms with Crippen molar-refractivity contribution in [3.05, 3.63) is 0 Å². The van der Waals surface area contributed by atoms with Gasteiger partial charge in [-0.05, 0) is 24.8 Å². The highest BCUT2D eigenvalue weighted by molar-refractivity contribution is 4.80. The fourth-order valence-electron chi connectivity index (χ4n) is 1.93. The van der Waals surface area contributed by atoms with Gasteiger partial charge in [0.25, 0.3) is 0 Å². The van der Waals surface area contributed by atoms with Crippen LogP contribution in [-0.2, 0) is 0 Å². The molecule has 0 rings (SSSR count). The molecule has 2 N–H and O–H groups in total. The third kappa shape index (κ3) is 7.74. The number of hydrogen-bond acceptors (Lipinski definition) is 3. The standard InChI is InChI=1S/C14H32N2O/c1-6-14(5,11-15-13(3)4)12-16(7-2)9-8-10-17/h13,15,17H,6-12H2,1-5H3. The summed E-state index contributed by atoms with van der Waals surface area (Å²) in [5, 5.41) is 12.4. The number of aliphatic hydroxyl groups excluding tert-OH is 1. The molecule has 0 spiro atoms. The zero-order chi connectivity index (χ0) is 13.3. The van der Waals surface area contributed by atoms with Gasteiger partial charge in [0.2, 0.25) is 0 Å². The van der Waals surface area contributed by atoms with E-state index in [0.29, 0.717) is 18.1 Å². The van der Waals surface area contributed by atoms with Gasteiger partial charge in [0.1, 0.15) is 0 Å². The molecule has 0 saturated heterocycles. The molecule has 0 aromatic carbocycles. The van der Waals surface area contributed by atoms with E-state index in [2.05, 4.69) is 44.8 Å². The predicted molar refractivity (Wildman–Crippen MR) is 75.4 cm³/mol. The molecule has 1 atom stereocenters. The molecule has 0 fully saturated rings. The van der Waals surface area contributed by atoms with Crippen molar-refractivity contribution in [2.75, 3.05) is 32.8 Å². The smallest absolute Gasteiger partial charge is 0.0443 e. The highest BCUT2D eigenvalue weighted by Gasteiger charge is 2.24. The predicted octanol–water partition coefficient (Wildman–Crippen LogP) is 2.10. The summed E-state index contributed by atoms with van der Waals surface area (Å²) >= 11 is 0. The van der Waals surface area contributed by atoms with Gasteiger partial charge in [0.15, 0.2) is 0 Å². The first kappa shape index (κ1) is 16.9. The molecule has 104 valence electrons. The number of nitrogens with one attached hydrogen (secondary N) is 1. The molecule has 0 bridgehead atoms. The van der Waals surface area contributed by atoms with Crippen LogP contribution in [0.1, 0.15) is 47.5 Å². The second-order valence-electron chi connectivity index (χ2n) is 5.65. The van der Waals surface area contributed by atoms with Crippen LogP contribution in [0.2, 0.25) is 0 Å². The monoisotopic (exact) mass is 244 g/mol. The van der Waals surface area contributed by atoms with E-state index in [1.165, 1.54) is 6.42 Å². The van der Waals surface area contributed by atoms with Crippen molar-refractivity contribution < 1.29 is 5.11 Å². The zero-order valence-electron chi connectivity index (χ0n) is 12.4. The van der Waals surface area contributed by atoms with Gasteiger partial charge >= 0.3 is 0 Å². The van der Waals surface area contributed by atoms with E-state index in [4.69, 9.17) is 5.11 Å². The van der Waals surface area contributed by atoms with Gasteiger partial charge in [0.05, 0.1) is 0 Å². The molecular formula is C14H32N2O. The van der Waals surface area contributed by atoms with Gasteiger partial charge in [-0.25, -0.2) is 0 Å². The Morgan fingerprint density at radius 2 is 1.94 bits per heavy atom. The summed E-state index contributed by atoms with van der Waals surface area (Å²) in [6.07, 6.45) is 2.06. The van der Waals surface area contributed by atoms with Crippen LogP contribution in [-0.4, -0.2) is 48.8 Å². The first-order valence-corrected chi connectivity index (χ1v) is 7.04. The maximum atomic E-state index is 8.90. The summed E-state index contributed by atoms with van der Waals surface area (Å²) in [4.78, 5) is 2.45. The Hall–Kier alpha value is -0.120. The van der Waals surface area contributed by atoms with E-state index in [-0.39, 0.29) is 0 Å². The molecule has 0 saturated carbocycles. The topological polar surface area (TPSA) is 35.5 Å². The van der Waals surface area contributed by atoms with E-state index < -0.39 is 0 Å². The maximum absolute atomic E-state index is 8.90. The second-order valence-corrected chi connectivity index (χ2v) is 5.65. The van der Waals surface area contributed by atoms with Crippen molar-refractivity contribution in [3.63, 3.8) is 0 Å². The van der Waals surface area contributed by atoms with Crippen molar-refractivity contribution in [3.8, 4) is 0 Å². The molecular weight excluding hydrogens is 212 g/mol. The van der Waals surface area contributed by atoms with Gasteiger partial charge < -0.3 is 15.3 Å². The van der Waals surface area contributed by atoms with E-state index in [1.807, 2.05) is 0 Å². The lowest BCUT2D eigenvalue weighted by molar-refractivity contribution is 0.147. The average molecular weight is 244 g/mol. The summed E-state index contributed by atoms with van der Waals surface area (Å²) in [6.45, 7) is 15.7. The van der Waals surface area contributed by atoms with Crippen molar-refractivity contribution in [2.24, 2.45) is 5.41 Å². The van der Waals surface area contributed by atoms with Crippen molar-refractivity contribution in [2.45, 2.75) is 53.5 Å². The molecule has 0 aromatic heterocycles. The Morgan fingerprint density at radius 1 is 1.29 bits per heavy atom. The lowest BCUT2D eigenvalue weighted by Gasteiger charge is -2.35. The van der Waals surface area contributed by atoms with Crippen molar-refractivity contribution >= 4 is 0 Å². The van der Waals surface area contributed by atoms with Crippen molar-refractivity contribution in [1.82, 2.24) is 10.2 Å². The van der Waals surface area contributed by atoms with E-state index in [1.54, 1.807) is 0 Å². The maximum Gasteiger partial charge on any atom is 0.0443 e. The van der Waals surface area contributed by atoms with E-state index >= 15 is 0 Å². The van der Waals surface area contributed by atoms with Crippen molar-refractivity contribution in [1.29, 1.82) is 0 Å². The van der Waals surface area contributed by atoms with Gasteiger partial charge in [-0.15, -0.1) is 0 Å². The molecule has 17 heavy (non-hydrogen) atoms. The Balaban J connectivity index is 4.21. The zero-order valence-corrected chi connectivity index (χ0v) is 12.4. The third-order valence-electron chi connectivity index (χ3n) is 3.48. The molecule has 0 aliphatic heterocycles. The van der Waals surface area contributed by atoms with Gasteiger partial charge in [-0.1, -0.05) is 34.6 Å². The first-order valence-electron chi connectivity index (χ1n) is 7.04. The molecule has 0 radical (unpaired) electrons. The number of hydrogen-bond donors (Lipinski definition) is 2. The first-order chi connectivity index (χ1) is 7.97. The van der Waals surface area contributed by atoms with Crippen LogP contribution in [0.3, 0.4) is 0 Å². The van der Waals surface area contributed by atoms with Gasteiger partial charge in [-0.3, -0.25) is 0 Å². The minimum atomic E-state index is 0.295. The quantitative estimate of drug-likeness (QED) is 0.618. The molecule has 0 amide bonds. The molecule has 1 unspecified atom stereocenters. The number of rotatable bonds is 10. The molecule has 3 heteroatoms. The average Bonchev–Trinajstić information content (AvgIpc) is 2.32. The van der Waals surface area contributed by atoms with Crippen LogP contribution in [0.25, 0.3) is 0 Å². The van der Waals surface area contributed by atoms with Crippen LogP contribution < -0.4 is 5.32 Å². The lowest BCUT2D eigenvalue weighted by atomic mass is 9.86. The summed E-state index contributed by atoms with van der Waals surface area (Å²) in [5.74, 6) is 0. The summed E-state index contributed by atoms with van der Waals surface area (Å²) in [5.41, 5.74) is 0.329. The normalized spacial score (nSPS) is 15.5. The van der Waals surface area contributed by atoms with E-state index in [0.717, 1.165) is 32.6 Å². The Kier molecular flexibility index (Phi) is 8.83. The fourth-order valence-corrected chi connectivity index (χ4v) is 1.93. The molecule has 3 nitrogen and oxygen atoms in total. The van der Waals surface area contributed by atoms with Crippen LogP contribution in [0.15, 0.2) is 0 Å². The number of aliphatic hydroxyl groups is 1. The fraction of sp³-hybridized carbons (Fsp3) is 1.00. The van der Waals surface area contributed by atoms with E-state index in [9.17, 15) is 0 Å². The number of nitrogens with zero attached hydrogens (tertiary/aromatic N) is 1. The summed E-state index contributed by atoms with van der Waals surface area (Å²) < 4.78 is 0. The lowest BCUT2D eigenvalue weighted by Crippen LogP contribution is -2.44. The highest BCUT2D eigenvalue weighted by atomic mass is 16.3. The van der Waals surface area contributed by atoms with Crippen LogP contribution >= 0.6 is 0 Å². The highest BCUT2D eigenvalue weighted by Crippen LogP contribution is 2.22. The Bertz CT molecular complexity index is 185. The van der Waals surface area contributed by atoms with Crippen LogP contribution in [0, 0.1) is 5.41 Å². The Labute approximate surface area is 108 Å². The second kappa shape index (κ2) is 8.90. The Morgan fingerprint density at radius 3 is 2.35 bits per heavy atom. The minimum absolute atomic E-state index is 0.295. The SMILES string of the molecule is CCN(CCCO)CC(C)(CC)CNC(C)C. The molecule has 0 aliphatic carbocycles. The largest absolute Gasteiger partial charge is 0.396 e. The van der Waals surface area contributed by atoms with Crippen LogP contribution in [0.5, 0.6) is 0 Å². The van der Waals surface area contributed by atoms with Crippen LogP contribution in [0.4, 0.5) is 0 Å². The van der Waals surface area contributed by atoms with Gasteiger partial charge in [-0.2, -0.15) is 0 Å². The van der Waals surface area contributed by atoms with Gasteiger partial charge in [0, 0.05) is 32.3 Å². The minimum Gasteiger partial charge on any atom is -0.396 e. The summed E-state index contributed by atoms with van der Waals surface area (Å²) in [6, 6.07) is 0.549.